The van der Waals surface area contributed by atoms with Crippen LogP contribution in [0.3, 0.4) is 0 Å². The zero-order valence-corrected chi connectivity index (χ0v) is 19.1. The lowest BCUT2D eigenvalue weighted by Gasteiger charge is -2.39. The van der Waals surface area contributed by atoms with Crippen molar-refractivity contribution in [3.63, 3.8) is 0 Å². The molecule has 2 heterocycles. The summed E-state index contributed by atoms with van der Waals surface area (Å²) < 4.78 is 45.5. The van der Waals surface area contributed by atoms with Gasteiger partial charge in [-0.2, -0.15) is 18.3 Å². The smallest absolute Gasteiger partial charge is 0.422 e. The number of aliphatic hydroxyl groups excluding tert-OH is 1. The van der Waals surface area contributed by atoms with Crippen LogP contribution >= 0.6 is 0 Å². The lowest BCUT2D eigenvalue weighted by Crippen LogP contribution is -2.44. The molecule has 6 rings (SSSR count). The normalized spacial score (nSPS) is 33.3. The molecule has 3 N–H and O–H groups in total. The van der Waals surface area contributed by atoms with E-state index in [0.717, 1.165) is 44.4 Å². The second-order valence-electron chi connectivity index (χ2n) is 10.6. The van der Waals surface area contributed by atoms with Gasteiger partial charge in [0.05, 0.1) is 18.3 Å². The third-order valence-electron chi connectivity index (χ3n) is 8.12. The maximum Gasteiger partial charge on any atom is 0.422 e. The molecule has 0 radical (unpaired) electrons. The molecule has 186 valence electrons. The lowest BCUT2D eigenvalue weighted by atomic mass is 9.67. The SMILES string of the molecule is OC(NC1CC2CC3CC(C2)CC1C3)c1cnn(CCN2CCNCC2)c1OCC(F)(F)F. The van der Waals surface area contributed by atoms with Gasteiger partial charge in [-0.15, -0.1) is 0 Å². The van der Waals surface area contributed by atoms with E-state index in [4.69, 9.17) is 4.74 Å². The molecule has 4 saturated carbocycles. The molecule has 4 atom stereocenters. The fraction of sp³-hybridized carbons (Fsp3) is 0.870. The van der Waals surface area contributed by atoms with Gasteiger partial charge in [0.25, 0.3) is 0 Å². The van der Waals surface area contributed by atoms with Crippen LogP contribution in [0.15, 0.2) is 6.20 Å². The lowest BCUT2D eigenvalue weighted by molar-refractivity contribution is -0.154. The van der Waals surface area contributed by atoms with E-state index >= 15 is 0 Å². The van der Waals surface area contributed by atoms with Gasteiger partial charge in [0.2, 0.25) is 5.88 Å². The molecule has 7 nitrogen and oxygen atoms in total. The average molecular weight is 472 g/mol. The van der Waals surface area contributed by atoms with Crippen molar-refractivity contribution < 1.29 is 23.0 Å². The Morgan fingerprint density at radius 3 is 2.39 bits per heavy atom. The predicted octanol–water partition coefficient (Wildman–Crippen LogP) is 2.52. The van der Waals surface area contributed by atoms with Crippen molar-refractivity contribution in [2.75, 3.05) is 39.3 Å². The molecule has 5 aliphatic rings. The first kappa shape index (κ1) is 23.4. The highest BCUT2D eigenvalue weighted by molar-refractivity contribution is 5.27. The zero-order chi connectivity index (χ0) is 23.0. The summed E-state index contributed by atoms with van der Waals surface area (Å²) in [4.78, 5) is 2.25. The van der Waals surface area contributed by atoms with Gasteiger partial charge in [-0.25, -0.2) is 4.68 Å². The van der Waals surface area contributed by atoms with Crippen LogP contribution in [0.5, 0.6) is 5.88 Å². The van der Waals surface area contributed by atoms with Gasteiger partial charge in [-0.05, 0) is 62.2 Å². The molecule has 1 aromatic rings. The highest BCUT2D eigenvalue weighted by Gasteiger charge is 2.44. The number of aromatic nitrogens is 2. The molecule has 0 amide bonds. The van der Waals surface area contributed by atoms with Crippen LogP contribution in [0, 0.1) is 23.7 Å². The standard InChI is InChI=1S/C23H36F3N5O2/c24-23(25,26)14-33-22-19(13-28-31(22)6-5-30-3-1-27-2-4-30)21(32)29-20-12-17-8-15-7-16(9-17)11-18(20)10-15/h13,15-18,20-21,27,29,32H,1-12,14H2. The van der Waals surface area contributed by atoms with E-state index in [1.54, 1.807) is 0 Å². The number of nitrogens with zero attached hydrogens (tertiary/aromatic N) is 3. The molecular weight excluding hydrogens is 435 g/mol. The second kappa shape index (κ2) is 9.71. The highest BCUT2D eigenvalue weighted by atomic mass is 19.4. The van der Waals surface area contributed by atoms with E-state index in [1.165, 1.54) is 43.0 Å². The summed E-state index contributed by atoms with van der Waals surface area (Å²) in [6.45, 7) is 3.27. The molecule has 1 aliphatic heterocycles. The summed E-state index contributed by atoms with van der Waals surface area (Å²) in [5.41, 5.74) is 0.295. The van der Waals surface area contributed by atoms with Gasteiger partial charge in [-0.1, -0.05) is 0 Å². The van der Waals surface area contributed by atoms with Crippen molar-refractivity contribution in [2.24, 2.45) is 23.7 Å². The summed E-state index contributed by atoms with van der Waals surface area (Å²) in [7, 11) is 0. The molecule has 4 bridgehead atoms. The van der Waals surface area contributed by atoms with E-state index in [-0.39, 0.29) is 11.9 Å². The molecule has 5 fully saturated rings. The minimum absolute atomic E-state index is 0.0156. The maximum atomic E-state index is 12.9. The Labute approximate surface area is 193 Å². The Morgan fingerprint density at radius 2 is 1.73 bits per heavy atom. The summed E-state index contributed by atoms with van der Waals surface area (Å²) in [6.07, 6.45) is 3.24. The first-order valence-corrected chi connectivity index (χ1v) is 12.5. The summed E-state index contributed by atoms with van der Waals surface area (Å²) in [6, 6.07) is 0.181. The number of nitrogens with one attached hydrogen (secondary N) is 2. The number of hydrogen-bond donors (Lipinski definition) is 3. The van der Waals surface area contributed by atoms with E-state index in [2.05, 4.69) is 20.6 Å². The van der Waals surface area contributed by atoms with Crippen LogP contribution in [0.1, 0.15) is 50.3 Å². The average Bonchev–Trinajstić information content (AvgIpc) is 3.09. The van der Waals surface area contributed by atoms with Crippen molar-refractivity contribution in [1.29, 1.82) is 0 Å². The third kappa shape index (κ3) is 5.66. The number of rotatable bonds is 8. The Morgan fingerprint density at radius 1 is 1.06 bits per heavy atom. The van der Waals surface area contributed by atoms with Crippen LogP contribution < -0.4 is 15.4 Å². The summed E-state index contributed by atoms with van der Waals surface area (Å²) >= 11 is 0. The topological polar surface area (TPSA) is 74.6 Å². The molecule has 33 heavy (non-hydrogen) atoms. The van der Waals surface area contributed by atoms with Gasteiger partial charge in [-0.3, -0.25) is 10.2 Å². The molecular formula is C23H36F3N5O2. The predicted molar refractivity (Wildman–Crippen MR) is 117 cm³/mol. The molecule has 4 aliphatic carbocycles. The molecule has 1 saturated heterocycles. The van der Waals surface area contributed by atoms with Gasteiger partial charge in [0, 0.05) is 38.8 Å². The van der Waals surface area contributed by atoms with Gasteiger partial charge >= 0.3 is 6.18 Å². The van der Waals surface area contributed by atoms with Gasteiger partial charge < -0.3 is 15.2 Å². The number of aliphatic hydroxyl groups is 1. The van der Waals surface area contributed by atoms with Crippen LogP contribution in [-0.4, -0.2) is 71.3 Å². The fourth-order valence-electron chi connectivity index (χ4n) is 6.82. The molecule has 0 spiro atoms. The van der Waals surface area contributed by atoms with Crippen molar-refractivity contribution in [3.8, 4) is 5.88 Å². The first-order chi connectivity index (χ1) is 15.8. The Balaban J connectivity index is 1.28. The first-order valence-electron chi connectivity index (χ1n) is 12.5. The van der Waals surface area contributed by atoms with Gasteiger partial charge in [0.1, 0.15) is 6.23 Å². The second-order valence-corrected chi connectivity index (χ2v) is 10.6. The fourth-order valence-corrected chi connectivity index (χ4v) is 6.82. The number of alkyl halides is 3. The summed E-state index contributed by atoms with van der Waals surface area (Å²) in [5.74, 6) is 2.83. The maximum absolute atomic E-state index is 12.9. The van der Waals surface area contributed by atoms with Crippen LogP contribution in [0.25, 0.3) is 0 Å². The van der Waals surface area contributed by atoms with E-state index < -0.39 is 19.0 Å². The number of halogens is 3. The van der Waals surface area contributed by atoms with Crippen molar-refractivity contribution in [1.82, 2.24) is 25.3 Å². The number of hydrogen-bond acceptors (Lipinski definition) is 6. The molecule has 10 heteroatoms. The minimum Gasteiger partial charge on any atom is -0.468 e. The quantitative estimate of drug-likeness (QED) is 0.506. The Hall–Kier alpha value is -1.36. The number of ether oxygens (including phenoxy) is 1. The highest BCUT2D eigenvalue weighted by Crippen LogP contribution is 2.51. The van der Waals surface area contributed by atoms with E-state index in [0.29, 0.717) is 30.5 Å². The van der Waals surface area contributed by atoms with Crippen molar-refractivity contribution in [3.05, 3.63) is 11.8 Å². The third-order valence-corrected chi connectivity index (χ3v) is 8.12. The Bertz CT molecular complexity index is 784. The largest absolute Gasteiger partial charge is 0.468 e. The van der Waals surface area contributed by atoms with Crippen molar-refractivity contribution in [2.45, 2.75) is 63.5 Å². The minimum atomic E-state index is -4.46. The molecule has 4 unspecified atom stereocenters. The molecule has 0 aromatic carbocycles. The number of piperazine rings is 1. The van der Waals surface area contributed by atoms with Crippen LogP contribution in [0.4, 0.5) is 13.2 Å². The van der Waals surface area contributed by atoms with E-state index in [1.807, 2.05) is 0 Å². The monoisotopic (exact) mass is 471 g/mol. The molecule has 1 aromatic heterocycles. The van der Waals surface area contributed by atoms with Crippen LogP contribution in [-0.2, 0) is 6.54 Å². The van der Waals surface area contributed by atoms with Crippen LogP contribution in [0.2, 0.25) is 0 Å². The van der Waals surface area contributed by atoms with Gasteiger partial charge in [0.15, 0.2) is 6.61 Å². The van der Waals surface area contributed by atoms with E-state index in [9.17, 15) is 18.3 Å². The van der Waals surface area contributed by atoms with Crippen molar-refractivity contribution >= 4 is 0 Å². The zero-order valence-electron chi connectivity index (χ0n) is 19.1. The summed E-state index contributed by atoms with van der Waals surface area (Å²) in [5, 5.41) is 22.0. The number of fused-ring (bicyclic) bond motifs is 1. The Kier molecular flexibility index (Phi) is 6.88.